The Balaban J connectivity index is 1.07. The van der Waals surface area contributed by atoms with Crippen molar-refractivity contribution in [2.24, 2.45) is 0 Å². The second kappa shape index (κ2) is 12.6. The first kappa shape index (κ1) is 29.5. The van der Waals surface area contributed by atoms with E-state index in [0.29, 0.717) is 40.4 Å². The summed E-state index contributed by atoms with van der Waals surface area (Å²) in [6, 6.07) is 14.0. The minimum absolute atomic E-state index is 0.0251. The predicted molar refractivity (Wildman–Crippen MR) is 175 cm³/mol. The van der Waals surface area contributed by atoms with Crippen LogP contribution in [0.15, 0.2) is 48.7 Å². The second-order valence-corrected chi connectivity index (χ2v) is 12.6. The van der Waals surface area contributed by atoms with Crippen molar-refractivity contribution >= 4 is 34.9 Å². The van der Waals surface area contributed by atoms with Gasteiger partial charge in [0.1, 0.15) is 11.4 Å². The molecule has 0 unspecified atom stereocenters. The van der Waals surface area contributed by atoms with Crippen molar-refractivity contribution in [1.82, 2.24) is 24.7 Å². The monoisotopic (exact) mass is 610 g/mol. The van der Waals surface area contributed by atoms with Gasteiger partial charge in [-0.25, -0.2) is 14.8 Å². The number of piperazine rings is 1. The van der Waals surface area contributed by atoms with Crippen LogP contribution in [0.4, 0.5) is 27.8 Å². The number of piperidine rings is 1. The number of urea groups is 1. The molecule has 1 aliphatic carbocycles. The van der Waals surface area contributed by atoms with Gasteiger partial charge in [0.05, 0.1) is 30.4 Å². The molecule has 0 atom stereocenters. The van der Waals surface area contributed by atoms with Crippen LogP contribution < -0.4 is 20.3 Å². The van der Waals surface area contributed by atoms with Gasteiger partial charge in [-0.15, -0.1) is 0 Å². The molecule has 3 fully saturated rings. The molecule has 2 N–H and O–H groups in total. The van der Waals surface area contributed by atoms with Crippen molar-refractivity contribution in [3.63, 3.8) is 0 Å². The highest BCUT2D eigenvalue weighted by molar-refractivity contribution is 6.09. The summed E-state index contributed by atoms with van der Waals surface area (Å²) in [4.78, 5) is 45.1. The summed E-state index contributed by atoms with van der Waals surface area (Å²) in [5.74, 6) is 0.931. The molecule has 45 heavy (non-hydrogen) atoms. The van der Waals surface area contributed by atoms with Gasteiger partial charge < -0.3 is 25.2 Å². The maximum absolute atomic E-state index is 13.5. The number of likely N-dealkylation sites (N-methyl/N-ethyl adjacent to an activating group) is 1. The number of likely N-dealkylation sites (tertiary alicyclic amines) is 1. The van der Waals surface area contributed by atoms with Gasteiger partial charge in [0.2, 0.25) is 5.95 Å². The Kier molecular flexibility index (Phi) is 8.29. The van der Waals surface area contributed by atoms with E-state index in [2.05, 4.69) is 32.5 Å². The Labute approximate surface area is 264 Å². The smallest absolute Gasteiger partial charge is 0.326 e. The topological polar surface area (TPSA) is 106 Å². The number of hydrogen-bond donors (Lipinski definition) is 2. The van der Waals surface area contributed by atoms with Crippen LogP contribution in [-0.4, -0.2) is 102 Å². The van der Waals surface area contributed by atoms with E-state index in [9.17, 15) is 9.59 Å². The van der Waals surface area contributed by atoms with Crippen molar-refractivity contribution < 1.29 is 14.3 Å². The van der Waals surface area contributed by atoms with Gasteiger partial charge in [0.15, 0.2) is 0 Å². The maximum Gasteiger partial charge on any atom is 0.326 e. The fraction of sp³-hybridized carbons (Fsp3) is 0.471. The van der Waals surface area contributed by atoms with Crippen LogP contribution in [0.3, 0.4) is 0 Å². The summed E-state index contributed by atoms with van der Waals surface area (Å²) >= 11 is 0. The lowest BCUT2D eigenvalue weighted by molar-refractivity contribution is 0.0518. The first-order valence-corrected chi connectivity index (χ1v) is 16.2. The van der Waals surface area contributed by atoms with Gasteiger partial charge >= 0.3 is 6.03 Å². The summed E-state index contributed by atoms with van der Waals surface area (Å²) in [5, 5.41) is 6.33. The van der Waals surface area contributed by atoms with Gasteiger partial charge in [-0.3, -0.25) is 14.6 Å². The number of amides is 3. The largest absolute Gasteiger partial charge is 0.495 e. The van der Waals surface area contributed by atoms with Gasteiger partial charge in [-0.05, 0) is 57.0 Å². The molecule has 7 rings (SSSR count). The van der Waals surface area contributed by atoms with Crippen LogP contribution in [0.25, 0.3) is 11.3 Å². The fourth-order valence-corrected chi connectivity index (χ4v) is 7.28. The van der Waals surface area contributed by atoms with Crippen molar-refractivity contribution in [3.05, 3.63) is 54.2 Å². The van der Waals surface area contributed by atoms with E-state index in [0.717, 1.165) is 89.0 Å². The minimum Gasteiger partial charge on any atom is -0.495 e. The van der Waals surface area contributed by atoms with E-state index in [-0.39, 0.29) is 18.0 Å². The lowest BCUT2D eigenvalue weighted by Crippen LogP contribution is -2.52. The molecule has 1 saturated carbocycles. The number of aromatic nitrogens is 2. The summed E-state index contributed by atoms with van der Waals surface area (Å²) in [7, 11) is 3.77. The van der Waals surface area contributed by atoms with Gasteiger partial charge in [-0.1, -0.05) is 31.0 Å². The number of anilines is 4. The van der Waals surface area contributed by atoms with Crippen molar-refractivity contribution in [2.45, 2.75) is 50.6 Å². The lowest BCUT2D eigenvalue weighted by Gasteiger charge is -2.42. The Morgan fingerprint density at radius 2 is 1.71 bits per heavy atom. The fourth-order valence-electron chi connectivity index (χ4n) is 7.28. The van der Waals surface area contributed by atoms with Crippen LogP contribution in [-0.2, 0) is 0 Å². The predicted octanol–water partition coefficient (Wildman–Crippen LogP) is 5.04. The van der Waals surface area contributed by atoms with Crippen molar-refractivity contribution in [1.29, 1.82) is 0 Å². The normalized spacial score (nSPS) is 19.9. The molecule has 2 aromatic carbocycles. The average Bonchev–Trinajstić information content (AvgIpc) is 3.57. The van der Waals surface area contributed by atoms with Crippen molar-refractivity contribution in [3.8, 4) is 17.0 Å². The molecule has 0 radical (unpaired) electrons. The number of nitrogens with one attached hydrogen (secondary N) is 2. The molecule has 1 aromatic heterocycles. The van der Waals surface area contributed by atoms with Crippen LogP contribution >= 0.6 is 0 Å². The zero-order chi connectivity index (χ0) is 30.9. The third kappa shape index (κ3) is 5.94. The third-order valence-electron chi connectivity index (χ3n) is 9.86. The maximum atomic E-state index is 13.5. The highest BCUT2D eigenvalue weighted by atomic mass is 16.5. The summed E-state index contributed by atoms with van der Waals surface area (Å²) < 4.78 is 5.71. The summed E-state index contributed by atoms with van der Waals surface area (Å²) in [6.45, 7) is 5.95. The Bertz CT molecular complexity index is 1560. The van der Waals surface area contributed by atoms with E-state index in [1.165, 1.54) is 0 Å². The average molecular weight is 611 g/mol. The molecule has 0 bridgehead atoms. The second-order valence-electron chi connectivity index (χ2n) is 12.6. The van der Waals surface area contributed by atoms with Crippen LogP contribution in [0.2, 0.25) is 0 Å². The van der Waals surface area contributed by atoms with E-state index in [1.807, 2.05) is 46.2 Å². The Morgan fingerprint density at radius 3 is 2.47 bits per heavy atom. The number of hydrogen-bond acceptors (Lipinski definition) is 8. The number of ether oxygens (including phenoxy) is 1. The number of carbonyl (C=O) groups excluding carboxylic acids is 2. The molecular formula is C34H42N8O3. The Morgan fingerprint density at radius 1 is 0.956 bits per heavy atom. The molecule has 3 aromatic rings. The molecule has 3 amide bonds. The molecule has 3 aliphatic heterocycles. The lowest BCUT2D eigenvalue weighted by atomic mass is 10.0. The van der Waals surface area contributed by atoms with E-state index < -0.39 is 0 Å². The minimum atomic E-state index is -0.150. The Hall–Kier alpha value is -4.22. The van der Waals surface area contributed by atoms with Crippen LogP contribution in [0.1, 0.15) is 48.9 Å². The molecule has 11 heteroatoms. The highest BCUT2D eigenvalue weighted by Crippen LogP contribution is 2.41. The van der Waals surface area contributed by atoms with Crippen LogP contribution in [0.5, 0.6) is 5.75 Å². The summed E-state index contributed by atoms with van der Waals surface area (Å²) in [6.07, 6.45) is 7.88. The van der Waals surface area contributed by atoms with E-state index in [4.69, 9.17) is 9.72 Å². The van der Waals surface area contributed by atoms with E-state index >= 15 is 0 Å². The quantitative estimate of drug-likeness (QED) is 0.400. The highest BCUT2D eigenvalue weighted by Gasteiger charge is 2.34. The molecule has 2 saturated heterocycles. The number of nitrogens with zero attached hydrogens (tertiary/aromatic N) is 6. The number of carbonyl (C=O) groups is 2. The number of benzene rings is 2. The number of rotatable bonds is 6. The summed E-state index contributed by atoms with van der Waals surface area (Å²) in [5.41, 5.74) is 4.22. The zero-order valence-corrected chi connectivity index (χ0v) is 26.2. The third-order valence-corrected chi connectivity index (χ3v) is 9.86. The number of fused-ring (bicyclic) bond motifs is 3. The molecule has 4 aliphatic rings. The molecule has 236 valence electrons. The zero-order valence-electron chi connectivity index (χ0n) is 26.2. The SMILES string of the molecule is COc1cc(C(=O)N2CCC(N3CCN(C)CC3)CC2)ccc1Nc1ncc2c(n1)-c1ccccc1N(C1CCCC1)C(=O)N2. The molecular weight excluding hydrogens is 568 g/mol. The van der Waals surface area contributed by atoms with Crippen LogP contribution in [0, 0.1) is 0 Å². The van der Waals surface area contributed by atoms with Gasteiger partial charge in [0, 0.05) is 62.5 Å². The standard InChI is InChI=1S/C34H42N8O3/c1-39-17-19-40(20-18-39)24-13-15-41(16-14-24)32(43)23-11-12-27(30(21-23)45-2)36-33-35-22-28-31(38-33)26-9-5-6-10-29(26)42(34(44)37-28)25-7-3-4-8-25/h5-6,9-12,21-22,24-25H,3-4,7-8,13-20H2,1-2H3,(H,37,44)(H,35,36,38). The first-order chi connectivity index (χ1) is 22.0. The molecule has 4 heterocycles. The first-order valence-electron chi connectivity index (χ1n) is 16.2. The number of para-hydroxylation sites is 1. The van der Waals surface area contributed by atoms with Gasteiger partial charge in [-0.2, -0.15) is 0 Å². The van der Waals surface area contributed by atoms with Gasteiger partial charge in [0.25, 0.3) is 5.91 Å². The van der Waals surface area contributed by atoms with E-state index in [1.54, 1.807) is 19.4 Å². The molecule has 11 nitrogen and oxygen atoms in total. The van der Waals surface area contributed by atoms with Crippen molar-refractivity contribution in [2.75, 3.05) is 69.0 Å². The molecule has 0 spiro atoms. The number of methoxy groups -OCH3 is 1.